The molecule has 0 N–H and O–H groups in total. The van der Waals surface area contributed by atoms with Crippen LogP contribution >= 0.6 is 0 Å². The van der Waals surface area contributed by atoms with Crippen molar-refractivity contribution in [1.29, 1.82) is 0 Å². The van der Waals surface area contributed by atoms with Gasteiger partial charge in [-0.3, -0.25) is 0 Å². The maximum Gasteiger partial charge on any atom is 0.0553 e. The first-order valence-electron chi connectivity index (χ1n) is 18.5. The number of anilines is 3. The van der Waals surface area contributed by atoms with E-state index in [0.29, 0.717) is 0 Å². The lowest BCUT2D eigenvalue weighted by atomic mass is 9.93. The van der Waals surface area contributed by atoms with Crippen LogP contribution in [0.15, 0.2) is 218 Å². The lowest BCUT2D eigenvalue weighted by molar-refractivity contribution is 1.18. The highest BCUT2D eigenvalue weighted by atomic mass is 15.1. The number of hydrogen-bond acceptors (Lipinski definition) is 1. The Kier molecular flexibility index (Phi) is 7.85. The van der Waals surface area contributed by atoms with Crippen LogP contribution in [0.3, 0.4) is 0 Å². The number of fused-ring (bicyclic) bond motifs is 4. The standard InChI is InChI=1S/C52H36N2/c1-4-15-37(16-5-1)38-27-29-39(30-28-38)40-31-33-45(34-32-40)53(43-19-6-2-7-20-43)46-23-14-18-42(35-46)51-47-24-11-10-17-41(47)36-50-52(51)48-25-12-13-26-49(48)54(50)44-21-8-3-9-22-44/h1-36H. The maximum absolute atomic E-state index is 2.41. The molecule has 0 amide bonds. The Morgan fingerprint density at radius 2 is 0.815 bits per heavy atom. The molecule has 10 aromatic rings. The van der Waals surface area contributed by atoms with Gasteiger partial charge in [-0.1, -0.05) is 158 Å². The molecule has 0 unspecified atom stereocenters. The van der Waals surface area contributed by atoms with Crippen molar-refractivity contribution in [2.45, 2.75) is 0 Å². The molecular formula is C52H36N2. The monoisotopic (exact) mass is 688 g/mol. The summed E-state index contributed by atoms with van der Waals surface area (Å²) in [5.41, 5.74) is 14.1. The Morgan fingerprint density at radius 1 is 0.315 bits per heavy atom. The maximum atomic E-state index is 2.41. The molecule has 9 aromatic carbocycles. The van der Waals surface area contributed by atoms with Crippen LogP contribution in [-0.4, -0.2) is 4.57 Å². The van der Waals surface area contributed by atoms with Gasteiger partial charge in [0, 0.05) is 33.5 Å². The van der Waals surface area contributed by atoms with Crippen LogP contribution in [0.2, 0.25) is 0 Å². The molecule has 1 heterocycles. The summed E-state index contributed by atoms with van der Waals surface area (Å²) in [5, 5.41) is 4.97. The number of hydrogen-bond donors (Lipinski definition) is 0. The number of para-hydroxylation sites is 3. The molecule has 10 rings (SSSR count). The number of rotatable bonds is 7. The average molecular weight is 689 g/mol. The van der Waals surface area contributed by atoms with E-state index in [-0.39, 0.29) is 0 Å². The van der Waals surface area contributed by atoms with Crippen LogP contribution in [-0.2, 0) is 0 Å². The van der Waals surface area contributed by atoms with Crippen molar-refractivity contribution >= 4 is 49.6 Å². The second kappa shape index (κ2) is 13.4. The lowest BCUT2D eigenvalue weighted by Gasteiger charge is -2.26. The van der Waals surface area contributed by atoms with Gasteiger partial charge in [0.15, 0.2) is 0 Å². The van der Waals surface area contributed by atoms with Crippen molar-refractivity contribution in [3.05, 3.63) is 218 Å². The first-order chi connectivity index (χ1) is 26.8. The van der Waals surface area contributed by atoms with Crippen molar-refractivity contribution in [3.63, 3.8) is 0 Å². The van der Waals surface area contributed by atoms with Crippen molar-refractivity contribution in [1.82, 2.24) is 4.57 Å². The molecule has 0 saturated carbocycles. The summed E-state index contributed by atoms with van der Waals surface area (Å²) in [6.07, 6.45) is 0. The normalized spacial score (nSPS) is 11.3. The molecule has 54 heavy (non-hydrogen) atoms. The minimum absolute atomic E-state index is 1.10. The molecule has 1 aromatic heterocycles. The third kappa shape index (κ3) is 5.53. The van der Waals surface area contributed by atoms with Gasteiger partial charge in [-0.25, -0.2) is 0 Å². The van der Waals surface area contributed by atoms with Crippen LogP contribution in [0.25, 0.3) is 71.6 Å². The van der Waals surface area contributed by atoms with Gasteiger partial charge in [0.05, 0.1) is 11.0 Å². The van der Waals surface area contributed by atoms with Gasteiger partial charge in [0.25, 0.3) is 0 Å². The van der Waals surface area contributed by atoms with Gasteiger partial charge >= 0.3 is 0 Å². The average Bonchev–Trinajstić information content (AvgIpc) is 3.58. The van der Waals surface area contributed by atoms with Crippen LogP contribution in [0, 0.1) is 0 Å². The minimum Gasteiger partial charge on any atom is -0.310 e. The number of nitrogens with zero attached hydrogens (tertiary/aromatic N) is 2. The van der Waals surface area contributed by atoms with Gasteiger partial charge in [0.1, 0.15) is 0 Å². The predicted molar refractivity (Wildman–Crippen MR) is 229 cm³/mol. The molecule has 0 spiro atoms. The second-order valence-corrected chi connectivity index (χ2v) is 13.8. The predicted octanol–water partition coefficient (Wildman–Crippen LogP) is 14.4. The molecule has 2 nitrogen and oxygen atoms in total. The van der Waals surface area contributed by atoms with E-state index >= 15 is 0 Å². The third-order valence-corrected chi connectivity index (χ3v) is 10.6. The molecule has 0 radical (unpaired) electrons. The fraction of sp³-hybridized carbons (Fsp3) is 0. The van der Waals surface area contributed by atoms with Gasteiger partial charge in [-0.15, -0.1) is 0 Å². The zero-order chi connectivity index (χ0) is 35.8. The van der Waals surface area contributed by atoms with E-state index in [0.717, 1.165) is 22.7 Å². The molecule has 0 saturated heterocycles. The lowest BCUT2D eigenvalue weighted by Crippen LogP contribution is -2.09. The molecule has 0 bridgehead atoms. The molecule has 0 fully saturated rings. The third-order valence-electron chi connectivity index (χ3n) is 10.6. The highest BCUT2D eigenvalue weighted by molar-refractivity contribution is 6.23. The van der Waals surface area contributed by atoms with Crippen LogP contribution in [0.4, 0.5) is 17.1 Å². The number of aromatic nitrogens is 1. The van der Waals surface area contributed by atoms with E-state index in [1.807, 2.05) is 0 Å². The number of benzene rings is 9. The molecular weight excluding hydrogens is 653 g/mol. The van der Waals surface area contributed by atoms with E-state index in [9.17, 15) is 0 Å². The molecule has 2 heteroatoms. The Bertz CT molecular complexity index is 2890. The van der Waals surface area contributed by atoms with Crippen LogP contribution < -0.4 is 4.90 Å². The molecule has 0 aliphatic heterocycles. The molecule has 0 aliphatic carbocycles. The first kappa shape index (κ1) is 31.6. The summed E-state index contributed by atoms with van der Waals surface area (Å²) in [6.45, 7) is 0. The SMILES string of the molecule is c1ccc(-c2ccc(-c3ccc(N(c4ccccc4)c4cccc(-c5c6ccccc6cc6c5c5ccccc5n6-c5ccccc5)c4)cc3)cc2)cc1. The van der Waals surface area contributed by atoms with Gasteiger partial charge in [-0.05, 0) is 105 Å². The van der Waals surface area contributed by atoms with Crippen LogP contribution in [0.1, 0.15) is 0 Å². The van der Waals surface area contributed by atoms with E-state index in [2.05, 4.69) is 228 Å². The highest BCUT2D eigenvalue weighted by Crippen LogP contribution is 2.45. The van der Waals surface area contributed by atoms with Gasteiger partial charge in [0.2, 0.25) is 0 Å². The second-order valence-electron chi connectivity index (χ2n) is 13.8. The highest BCUT2D eigenvalue weighted by Gasteiger charge is 2.20. The Hall–Kier alpha value is -7.16. The van der Waals surface area contributed by atoms with E-state index in [1.54, 1.807) is 0 Å². The molecule has 0 atom stereocenters. The van der Waals surface area contributed by atoms with E-state index < -0.39 is 0 Å². The van der Waals surface area contributed by atoms with Crippen molar-refractivity contribution in [3.8, 4) is 39.1 Å². The summed E-state index contributed by atoms with van der Waals surface area (Å²) < 4.78 is 2.41. The van der Waals surface area contributed by atoms with Crippen LogP contribution in [0.5, 0.6) is 0 Å². The van der Waals surface area contributed by atoms with Gasteiger partial charge < -0.3 is 9.47 Å². The van der Waals surface area contributed by atoms with Gasteiger partial charge in [-0.2, -0.15) is 0 Å². The summed E-state index contributed by atoms with van der Waals surface area (Å²) >= 11 is 0. The Balaban J connectivity index is 1.12. The smallest absolute Gasteiger partial charge is 0.0553 e. The minimum atomic E-state index is 1.10. The summed E-state index contributed by atoms with van der Waals surface area (Å²) in [5.74, 6) is 0. The topological polar surface area (TPSA) is 8.17 Å². The zero-order valence-corrected chi connectivity index (χ0v) is 29.7. The Labute approximate surface area is 315 Å². The summed E-state index contributed by atoms with van der Waals surface area (Å²) in [6, 6.07) is 78.8. The van der Waals surface area contributed by atoms with E-state index in [1.165, 1.54) is 66.0 Å². The summed E-state index contributed by atoms with van der Waals surface area (Å²) in [4.78, 5) is 2.36. The van der Waals surface area contributed by atoms with Crippen molar-refractivity contribution < 1.29 is 0 Å². The van der Waals surface area contributed by atoms with Crippen molar-refractivity contribution in [2.24, 2.45) is 0 Å². The molecule has 254 valence electrons. The Morgan fingerprint density at radius 3 is 1.52 bits per heavy atom. The summed E-state index contributed by atoms with van der Waals surface area (Å²) in [7, 11) is 0. The fourth-order valence-electron chi connectivity index (χ4n) is 8.06. The first-order valence-corrected chi connectivity index (χ1v) is 18.5. The van der Waals surface area contributed by atoms with Crippen molar-refractivity contribution in [2.75, 3.05) is 4.90 Å². The fourth-order valence-corrected chi connectivity index (χ4v) is 8.06. The largest absolute Gasteiger partial charge is 0.310 e. The molecule has 0 aliphatic rings. The van der Waals surface area contributed by atoms with E-state index in [4.69, 9.17) is 0 Å². The zero-order valence-electron chi connectivity index (χ0n) is 29.7. The quantitative estimate of drug-likeness (QED) is 0.162.